The van der Waals surface area contributed by atoms with Crippen molar-refractivity contribution in [1.82, 2.24) is 40.4 Å². The Hall–Kier alpha value is -5.48. The highest BCUT2D eigenvalue weighted by atomic mass is 35.5. The van der Waals surface area contributed by atoms with E-state index >= 15 is 0 Å². The minimum atomic E-state index is -0.742. The molecule has 0 spiro atoms. The molecule has 330 valence electrons. The number of carbonyl (C=O) groups is 4. The van der Waals surface area contributed by atoms with Crippen molar-refractivity contribution in [2.24, 2.45) is 11.8 Å². The molecule has 0 unspecified atom stereocenters. The van der Waals surface area contributed by atoms with E-state index in [1.807, 2.05) is 52.0 Å². The van der Waals surface area contributed by atoms with Crippen LogP contribution in [-0.4, -0.2) is 93.1 Å². The molecule has 16 nitrogen and oxygen atoms in total. The normalized spacial score (nSPS) is 19.4. The zero-order chi connectivity index (χ0) is 44.0. The standard InChI is InChI=1S/C44H52Cl2N8O8/c1-7-21(3)33(49-43(57)59-5)41(55)53-13-9-11-27(53)39-47-35(37(45)51-39)23-15-25-19-62-30-18-24(16-26-20-61-29(17-23)31(25)32(26)30)36-38(46)52-40(48-36)28-12-10-14-54(28)42(56)34(22(4)8-2)50-44(58)60-6/h15-18,21-22,27-28,33-34H,7-14,19-20H2,1-6H3,(H,47,51)(H,48,52)(H,49,57)(H,50,58)/t21-,22-,27-,28-,33-,34-/m0/s1. The molecule has 18 heteroatoms. The summed E-state index contributed by atoms with van der Waals surface area (Å²) >= 11 is 13.7. The average Bonchev–Trinajstić information content (AvgIpc) is 4.12. The third-order valence-corrected chi connectivity index (χ3v) is 13.4. The lowest BCUT2D eigenvalue weighted by atomic mass is 9.87. The van der Waals surface area contributed by atoms with E-state index in [4.69, 9.17) is 52.1 Å². The number of hydrogen-bond donors (Lipinski definition) is 4. The number of likely N-dealkylation sites (tertiary alicyclic amines) is 2. The van der Waals surface area contributed by atoms with Crippen molar-refractivity contribution < 1.29 is 38.1 Å². The number of alkyl carbamates (subject to hydrolysis) is 2. The number of methoxy groups -OCH3 is 2. The van der Waals surface area contributed by atoms with Crippen molar-refractivity contribution in [3.63, 3.8) is 0 Å². The molecule has 4 amide bonds. The molecule has 4 N–H and O–H groups in total. The third-order valence-electron chi connectivity index (χ3n) is 12.9. The van der Waals surface area contributed by atoms with Gasteiger partial charge in [-0.1, -0.05) is 63.7 Å². The topological polar surface area (TPSA) is 193 Å². The summed E-state index contributed by atoms with van der Waals surface area (Å²) in [5.41, 5.74) is 6.44. The fourth-order valence-electron chi connectivity index (χ4n) is 9.13. The summed E-state index contributed by atoms with van der Waals surface area (Å²) in [4.78, 5) is 71.9. The number of benzene rings is 2. The van der Waals surface area contributed by atoms with Gasteiger partial charge in [-0.15, -0.1) is 0 Å². The lowest BCUT2D eigenvalue weighted by Crippen LogP contribution is -2.51. The monoisotopic (exact) mass is 890 g/mol. The highest BCUT2D eigenvalue weighted by molar-refractivity contribution is 6.32. The number of amides is 4. The van der Waals surface area contributed by atoms with Crippen LogP contribution in [0.15, 0.2) is 24.3 Å². The molecular formula is C44H52Cl2N8O8. The molecule has 0 aliphatic carbocycles. The van der Waals surface area contributed by atoms with Crippen LogP contribution in [0.3, 0.4) is 0 Å². The second-order valence-electron chi connectivity index (χ2n) is 16.5. The van der Waals surface area contributed by atoms with Gasteiger partial charge in [-0.2, -0.15) is 0 Å². The van der Waals surface area contributed by atoms with Gasteiger partial charge in [0.05, 0.1) is 37.7 Å². The Morgan fingerprint density at radius 2 is 1.13 bits per heavy atom. The first-order valence-electron chi connectivity index (χ1n) is 21.3. The van der Waals surface area contributed by atoms with E-state index in [2.05, 4.69) is 20.6 Å². The summed E-state index contributed by atoms with van der Waals surface area (Å²) in [6.45, 7) is 9.39. The van der Waals surface area contributed by atoms with Gasteiger partial charge >= 0.3 is 12.2 Å². The van der Waals surface area contributed by atoms with Gasteiger partial charge in [0.25, 0.3) is 0 Å². The quantitative estimate of drug-likeness (QED) is 0.108. The smallest absolute Gasteiger partial charge is 0.407 e. The maximum absolute atomic E-state index is 13.9. The van der Waals surface area contributed by atoms with Crippen molar-refractivity contribution in [3.8, 4) is 45.1 Å². The van der Waals surface area contributed by atoms with E-state index in [1.165, 1.54) is 14.2 Å². The molecule has 0 saturated carbocycles. The van der Waals surface area contributed by atoms with Gasteiger partial charge in [-0.25, -0.2) is 19.6 Å². The SMILES string of the molecule is CC[C@H](C)[C@H](NC(=O)OC)C(=O)N1CCC[C@H]1c1nc(Cl)c(-c2cc3c4c(c2)OCc2cc(-c5[nH]c([C@@H]6CCCN6C(=O)[C@@H](NC(=O)OC)[C@@H](C)CC)nc5Cl)cc(c2-4)OC3)[nH]1. The Morgan fingerprint density at radius 3 is 1.50 bits per heavy atom. The number of rotatable bonds is 12. The molecule has 6 heterocycles. The first-order valence-corrected chi connectivity index (χ1v) is 22.0. The van der Waals surface area contributed by atoms with Gasteiger partial charge in [0.1, 0.15) is 48.4 Å². The minimum Gasteiger partial charge on any atom is -0.488 e. The van der Waals surface area contributed by atoms with E-state index in [0.717, 1.165) is 46.2 Å². The second kappa shape index (κ2) is 17.7. The molecular weight excluding hydrogens is 839 g/mol. The average molecular weight is 892 g/mol. The Balaban J connectivity index is 1.04. The van der Waals surface area contributed by atoms with E-state index < -0.39 is 24.3 Å². The fraction of sp³-hybridized carbons (Fsp3) is 0.500. The molecule has 4 aromatic rings. The highest BCUT2D eigenvalue weighted by Crippen LogP contribution is 2.51. The van der Waals surface area contributed by atoms with Crippen LogP contribution in [0.4, 0.5) is 9.59 Å². The van der Waals surface area contributed by atoms with Crippen LogP contribution in [0.2, 0.25) is 10.3 Å². The molecule has 0 radical (unpaired) electrons. The lowest BCUT2D eigenvalue weighted by Gasteiger charge is -2.31. The first-order chi connectivity index (χ1) is 29.8. The van der Waals surface area contributed by atoms with Gasteiger partial charge in [-0.3, -0.25) is 9.59 Å². The van der Waals surface area contributed by atoms with E-state index in [1.54, 1.807) is 9.80 Å². The van der Waals surface area contributed by atoms with Crippen LogP contribution >= 0.6 is 23.2 Å². The molecule has 2 aromatic carbocycles. The zero-order valence-electron chi connectivity index (χ0n) is 35.7. The molecule has 4 aliphatic heterocycles. The van der Waals surface area contributed by atoms with E-state index in [-0.39, 0.29) is 59.3 Å². The molecule has 2 saturated heterocycles. The van der Waals surface area contributed by atoms with Crippen molar-refractivity contribution >= 4 is 47.2 Å². The van der Waals surface area contributed by atoms with Crippen LogP contribution < -0.4 is 20.1 Å². The number of nitrogens with zero attached hydrogens (tertiary/aromatic N) is 4. The number of hydrogen-bond acceptors (Lipinski definition) is 10. The summed E-state index contributed by atoms with van der Waals surface area (Å²) in [6.07, 6.45) is 3.01. The molecule has 8 rings (SSSR count). The first kappa shape index (κ1) is 43.2. The van der Waals surface area contributed by atoms with E-state index in [0.29, 0.717) is 73.3 Å². The van der Waals surface area contributed by atoms with Crippen molar-refractivity contribution in [2.45, 2.75) is 104 Å². The second-order valence-corrected chi connectivity index (χ2v) is 17.3. The van der Waals surface area contributed by atoms with Crippen molar-refractivity contribution in [3.05, 3.63) is 57.3 Å². The van der Waals surface area contributed by atoms with Crippen LogP contribution in [0.5, 0.6) is 11.5 Å². The summed E-state index contributed by atoms with van der Waals surface area (Å²) in [5.74, 6) is 1.91. The van der Waals surface area contributed by atoms with Crippen molar-refractivity contribution in [2.75, 3.05) is 27.3 Å². The fourth-order valence-corrected chi connectivity index (χ4v) is 9.63. The lowest BCUT2D eigenvalue weighted by molar-refractivity contribution is -0.136. The molecule has 2 aromatic heterocycles. The maximum atomic E-state index is 13.9. The van der Waals surface area contributed by atoms with Crippen LogP contribution in [0, 0.1) is 11.8 Å². The van der Waals surface area contributed by atoms with Gasteiger partial charge in [0.2, 0.25) is 11.8 Å². The number of carbonyl (C=O) groups excluding carboxylic acids is 4. The number of H-pyrrole nitrogens is 2. The molecule has 0 bridgehead atoms. The summed E-state index contributed by atoms with van der Waals surface area (Å²) in [5, 5.41) is 6.01. The largest absolute Gasteiger partial charge is 0.488 e. The van der Waals surface area contributed by atoms with Crippen molar-refractivity contribution in [1.29, 1.82) is 0 Å². The third kappa shape index (κ3) is 7.91. The zero-order valence-corrected chi connectivity index (χ0v) is 37.2. The van der Waals surface area contributed by atoms with Crippen LogP contribution in [0.1, 0.15) is 101 Å². The number of imidazole rings is 2. The van der Waals surface area contributed by atoms with Crippen LogP contribution in [-0.2, 0) is 32.3 Å². The molecule has 62 heavy (non-hydrogen) atoms. The minimum absolute atomic E-state index is 0.110. The van der Waals surface area contributed by atoms with Gasteiger partial charge in [0.15, 0.2) is 10.3 Å². The number of ether oxygens (including phenoxy) is 4. The summed E-state index contributed by atoms with van der Waals surface area (Å²) < 4.78 is 22.5. The molecule has 2 fully saturated rings. The summed E-state index contributed by atoms with van der Waals surface area (Å²) in [6, 6.07) is 5.75. The Bertz CT molecular complexity index is 2190. The Labute approximate surface area is 369 Å². The number of aromatic nitrogens is 4. The highest BCUT2D eigenvalue weighted by Gasteiger charge is 2.41. The van der Waals surface area contributed by atoms with Gasteiger partial charge in [0, 0.05) is 46.5 Å². The molecule has 6 atom stereocenters. The predicted molar refractivity (Wildman–Crippen MR) is 231 cm³/mol. The summed E-state index contributed by atoms with van der Waals surface area (Å²) in [7, 11) is 2.56. The van der Waals surface area contributed by atoms with Crippen LogP contribution in [0.25, 0.3) is 33.6 Å². The van der Waals surface area contributed by atoms with E-state index in [9.17, 15) is 19.2 Å². The molecule has 4 aliphatic rings. The Morgan fingerprint density at radius 1 is 0.726 bits per heavy atom. The number of aromatic amines is 2. The number of nitrogens with one attached hydrogen (secondary N) is 4. The predicted octanol–water partition coefficient (Wildman–Crippen LogP) is 8.09. The van der Waals surface area contributed by atoms with Gasteiger partial charge < -0.3 is 49.3 Å². The Kier molecular flexibility index (Phi) is 12.3. The van der Waals surface area contributed by atoms with Gasteiger partial charge in [-0.05, 0) is 61.8 Å². The number of halogens is 2. The maximum Gasteiger partial charge on any atom is 0.407 e.